The molecule has 1 heterocycles. The van der Waals surface area contributed by atoms with Crippen molar-refractivity contribution in [2.24, 2.45) is 5.92 Å². The summed E-state index contributed by atoms with van der Waals surface area (Å²) in [7, 11) is 0. The first-order valence-electron chi connectivity index (χ1n) is 4.58. The van der Waals surface area contributed by atoms with Crippen molar-refractivity contribution < 1.29 is 0 Å². The van der Waals surface area contributed by atoms with E-state index in [1.54, 1.807) is 0 Å². The molecule has 2 atom stereocenters. The van der Waals surface area contributed by atoms with Gasteiger partial charge in [-0.3, -0.25) is 0 Å². The lowest BCUT2D eigenvalue weighted by atomic mass is 10.0. The van der Waals surface area contributed by atoms with Crippen molar-refractivity contribution in [2.45, 2.75) is 25.5 Å². The van der Waals surface area contributed by atoms with Gasteiger partial charge in [-0.2, -0.15) is 0 Å². The number of allylic oxidation sites excluding steroid dienone is 4. The fraction of sp³-hybridized carbons (Fsp3) is 0.455. The first-order chi connectivity index (χ1) is 5.81. The molecule has 64 valence electrons. The normalized spacial score (nSPS) is 28.3. The highest BCUT2D eigenvalue weighted by Crippen LogP contribution is 2.43. The summed E-state index contributed by atoms with van der Waals surface area (Å²) in [6, 6.07) is 0. The highest BCUT2D eigenvalue weighted by molar-refractivity contribution is 8.04. The fourth-order valence-electron chi connectivity index (χ4n) is 1.53. The molecule has 0 N–H and O–H groups in total. The summed E-state index contributed by atoms with van der Waals surface area (Å²) in [6.07, 6.45) is 10.3. The monoisotopic (exact) mass is 178 g/mol. The molecule has 0 spiro atoms. The van der Waals surface area contributed by atoms with E-state index in [4.69, 9.17) is 0 Å². The second kappa shape index (κ2) is 3.14. The Hall–Kier alpha value is -0.430. The van der Waals surface area contributed by atoms with E-state index in [1.807, 2.05) is 11.8 Å². The molecule has 0 nitrogen and oxygen atoms in total. The molecule has 0 aromatic carbocycles. The van der Waals surface area contributed by atoms with Crippen molar-refractivity contribution in [1.82, 2.24) is 0 Å². The molecule has 2 rings (SSSR count). The number of hydrogen-bond donors (Lipinski definition) is 0. The van der Waals surface area contributed by atoms with Crippen LogP contribution in [0.4, 0.5) is 0 Å². The van der Waals surface area contributed by atoms with Gasteiger partial charge in [0.05, 0.1) is 0 Å². The van der Waals surface area contributed by atoms with Crippen molar-refractivity contribution in [3.05, 3.63) is 34.8 Å². The van der Waals surface area contributed by atoms with Crippen molar-refractivity contribution in [3.63, 3.8) is 0 Å². The van der Waals surface area contributed by atoms with Gasteiger partial charge in [-0.1, -0.05) is 38.5 Å². The maximum atomic E-state index is 2.41. The van der Waals surface area contributed by atoms with Crippen LogP contribution in [0.3, 0.4) is 0 Å². The minimum Gasteiger partial charge on any atom is -0.118 e. The van der Waals surface area contributed by atoms with Gasteiger partial charge >= 0.3 is 0 Å². The van der Waals surface area contributed by atoms with Crippen LogP contribution < -0.4 is 0 Å². The molecule has 0 radical (unpaired) electrons. The Morgan fingerprint density at radius 3 is 3.08 bits per heavy atom. The van der Waals surface area contributed by atoms with E-state index in [9.17, 15) is 0 Å². The van der Waals surface area contributed by atoms with Crippen LogP contribution in [-0.4, -0.2) is 5.25 Å². The van der Waals surface area contributed by atoms with Crippen LogP contribution in [0.2, 0.25) is 0 Å². The summed E-state index contributed by atoms with van der Waals surface area (Å²) in [6.45, 7) is 4.60. The molecule has 0 aromatic rings. The first kappa shape index (κ1) is 8.18. The lowest BCUT2D eigenvalue weighted by Crippen LogP contribution is -2.07. The third kappa shape index (κ3) is 1.27. The van der Waals surface area contributed by atoms with Gasteiger partial charge in [0, 0.05) is 10.2 Å². The van der Waals surface area contributed by atoms with E-state index < -0.39 is 0 Å². The van der Waals surface area contributed by atoms with Crippen molar-refractivity contribution >= 4 is 11.8 Å². The Morgan fingerprint density at radius 2 is 2.42 bits per heavy atom. The Labute approximate surface area is 78.4 Å². The molecule has 2 unspecified atom stereocenters. The van der Waals surface area contributed by atoms with E-state index in [2.05, 4.69) is 38.2 Å². The van der Waals surface area contributed by atoms with Crippen LogP contribution in [0.5, 0.6) is 0 Å². The summed E-state index contributed by atoms with van der Waals surface area (Å²) < 4.78 is 0. The van der Waals surface area contributed by atoms with Crippen LogP contribution in [0.25, 0.3) is 0 Å². The van der Waals surface area contributed by atoms with Crippen molar-refractivity contribution in [2.75, 3.05) is 0 Å². The Bertz CT molecular complexity index is 271. The Balaban J connectivity index is 2.12. The minimum atomic E-state index is 0.723. The van der Waals surface area contributed by atoms with Crippen molar-refractivity contribution in [1.29, 1.82) is 0 Å². The molecular weight excluding hydrogens is 164 g/mol. The van der Waals surface area contributed by atoms with Gasteiger partial charge in [-0.15, -0.1) is 11.8 Å². The van der Waals surface area contributed by atoms with Crippen LogP contribution in [-0.2, 0) is 0 Å². The largest absolute Gasteiger partial charge is 0.118 e. The quantitative estimate of drug-likeness (QED) is 0.623. The second-order valence-corrected chi connectivity index (χ2v) is 4.70. The molecule has 1 aliphatic heterocycles. The van der Waals surface area contributed by atoms with Gasteiger partial charge < -0.3 is 0 Å². The molecular formula is C11H14S. The zero-order valence-electron chi connectivity index (χ0n) is 7.58. The highest BCUT2D eigenvalue weighted by Gasteiger charge is 2.24. The van der Waals surface area contributed by atoms with Crippen LogP contribution in [0.1, 0.15) is 20.3 Å². The predicted octanol–water partition coefficient (Wildman–Crippen LogP) is 3.53. The van der Waals surface area contributed by atoms with Gasteiger partial charge in [-0.05, 0) is 17.6 Å². The molecule has 0 saturated carbocycles. The molecule has 0 amide bonds. The molecule has 12 heavy (non-hydrogen) atoms. The predicted molar refractivity (Wildman–Crippen MR) is 56.1 cm³/mol. The highest BCUT2D eigenvalue weighted by atomic mass is 32.2. The van der Waals surface area contributed by atoms with Crippen LogP contribution >= 0.6 is 11.8 Å². The summed E-state index contributed by atoms with van der Waals surface area (Å²) in [5, 5.41) is 0.723. The lowest BCUT2D eigenvalue weighted by Gasteiger charge is -2.13. The molecule has 0 fully saturated rings. The third-order valence-electron chi connectivity index (χ3n) is 2.62. The molecule has 1 heteroatoms. The maximum Gasteiger partial charge on any atom is 0.0309 e. The number of rotatable bonds is 2. The second-order valence-electron chi connectivity index (χ2n) is 3.48. The minimum absolute atomic E-state index is 0.723. The Morgan fingerprint density at radius 1 is 1.58 bits per heavy atom. The fourth-order valence-corrected chi connectivity index (χ4v) is 2.89. The molecule has 1 aliphatic carbocycles. The summed E-state index contributed by atoms with van der Waals surface area (Å²) in [4.78, 5) is 1.47. The lowest BCUT2D eigenvalue weighted by molar-refractivity contribution is 0.586. The average Bonchev–Trinajstić information content (AvgIpc) is 2.60. The average molecular weight is 178 g/mol. The smallest absolute Gasteiger partial charge is 0.0309 e. The topological polar surface area (TPSA) is 0 Å². The maximum absolute atomic E-state index is 2.41. The number of fused-ring (bicyclic) bond motifs is 1. The van der Waals surface area contributed by atoms with E-state index in [1.165, 1.54) is 16.9 Å². The number of hydrogen-bond acceptors (Lipinski definition) is 1. The van der Waals surface area contributed by atoms with E-state index >= 15 is 0 Å². The zero-order chi connectivity index (χ0) is 8.55. The van der Waals surface area contributed by atoms with Gasteiger partial charge in [0.25, 0.3) is 0 Å². The molecule has 0 saturated heterocycles. The van der Waals surface area contributed by atoms with E-state index in [0.717, 1.165) is 11.2 Å². The van der Waals surface area contributed by atoms with Gasteiger partial charge in [0.2, 0.25) is 0 Å². The first-order valence-corrected chi connectivity index (χ1v) is 5.46. The van der Waals surface area contributed by atoms with E-state index in [-0.39, 0.29) is 0 Å². The summed E-state index contributed by atoms with van der Waals surface area (Å²) in [5.74, 6) is 0.808. The molecule has 0 bridgehead atoms. The summed E-state index contributed by atoms with van der Waals surface area (Å²) >= 11 is 2.02. The Kier molecular flexibility index (Phi) is 2.14. The summed E-state index contributed by atoms with van der Waals surface area (Å²) in [5.41, 5.74) is 1.45. The van der Waals surface area contributed by atoms with Gasteiger partial charge in [0.1, 0.15) is 0 Å². The van der Waals surface area contributed by atoms with E-state index in [0.29, 0.717) is 0 Å². The zero-order valence-corrected chi connectivity index (χ0v) is 8.40. The third-order valence-corrected chi connectivity index (χ3v) is 4.12. The molecule has 0 aromatic heterocycles. The molecule has 2 aliphatic rings. The van der Waals surface area contributed by atoms with Gasteiger partial charge in [-0.25, -0.2) is 0 Å². The standard InChI is InChI=1S/C11H14S/c1-3-8(2)11-7-9-5-4-6-10(9)12-11/h4-8,11H,3H2,1-2H3. The van der Waals surface area contributed by atoms with Crippen LogP contribution in [0, 0.1) is 5.92 Å². The number of thioether (sulfide) groups is 1. The van der Waals surface area contributed by atoms with Crippen LogP contribution in [0.15, 0.2) is 34.8 Å². The van der Waals surface area contributed by atoms with Gasteiger partial charge in [0.15, 0.2) is 0 Å². The van der Waals surface area contributed by atoms with Crippen molar-refractivity contribution in [3.8, 4) is 0 Å². The SMILES string of the molecule is CCC(C)C1C=C2C=CC=C2S1.